The summed E-state index contributed by atoms with van der Waals surface area (Å²) in [6.07, 6.45) is 0. The lowest BCUT2D eigenvalue weighted by Gasteiger charge is -2.42. The van der Waals surface area contributed by atoms with E-state index < -0.39 is 0 Å². The van der Waals surface area contributed by atoms with Gasteiger partial charge in [-0.1, -0.05) is 83.3 Å². The average molecular weight is 472 g/mol. The van der Waals surface area contributed by atoms with E-state index in [9.17, 15) is 0 Å². The molecule has 2 aliphatic heterocycles. The third-order valence-electron chi connectivity index (χ3n) is 4.65. The molecule has 4 nitrogen and oxygen atoms in total. The van der Waals surface area contributed by atoms with E-state index in [4.69, 9.17) is 10.5 Å². The number of rotatable bonds is 3. The number of nitrogens with zero attached hydrogens (tertiary/aromatic N) is 3. The third-order valence-corrected chi connectivity index (χ3v) is 4.65. The molecule has 2 saturated heterocycles. The second-order valence-electron chi connectivity index (χ2n) is 6.49. The van der Waals surface area contributed by atoms with Gasteiger partial charge in [0.25, 0.3) is 0 Å². The van der Waals surface area contributed by atoms with E-state index in [1.807, 2.05) is 17.1 Å². The Morgan fingerprint density at radius 3 is 1.59 bits per heavy atom. The Hall–Kier alpha value is -1.93. The van der Waals surface area contributed by atoms with Crippen molar-refractivity contribution in [2.24, 2.45) is 11.8 Å². The first-order valence-electron chi connectivity index (χ1n) is 9.03. The van der Waals surface area contributed by atoms with E-state index in [2.05, 4.69) is 93.5 Å². The van der Waals surface area contributed by atoms with Gasteiger partial charge in [-0.05, 0) is 16.1 Å². The molecule has 0 bridgehead atoms. The second kappa shape index (κ2) is 11.7. The van der Waals surface area contributed by atoms with E-state index >= 15 is 0 Å². The van der Waals surface area contributed by atoms with Crippen molar-refractivity contribution in [3.63, 3.8) is 0 Å². The quantitative estimate of drug-likeness (QED) is 0.542. The smallest absolute Gasteiger partial charge is 0.0718 e. The SMILES string of the molecule is CI.N#CC1CN(C(c2ccccc2)c2ccccc2)C1.N#CC1CNC1. The monoisotopic (exact) mass is 472 g/mol. The molecule has 0 unspecified atom stereocenters. The standard InChI is InChI=1S/C17H16N2.C4H6N2.CH3I/c18-11-14-12-19(13-14)17(15-7-3-1-4-8-15)16-9-5-2-6-10-16;5-1-4-2-6-3-4;1-2/h1-10,14,17H,12-13H2;4,6H,2-3H2;1H3. The summed E-state index contributed by atoms with van der Waals surface area (Å²) in [7, 11) is 0. The van der Waals surface area contributed by atoms with Gasteiger partial charge in [-0.25, -0.2) is 0 Å². The fourth-order valence-electron chi connectivity index (χ4n) is 3.07. The van der Waals surface area contributed by atoms with Crippen LogP contribution < -0.4 is 5.32 Å². The van der Waals surface area contributed by atoms with Gasteiger partial charge in [-0.3, -0.25) is 4.90 Å². The molecule has 4 rings (SSSR count). The topological polar surface area (TPSA) is 62.9 Å². The highest BCUT2D eigenvalue weighted by atomic mass is 127. The molecule has 5 heteroatoms. The average Bonchev–Trinajstić information content (AvgIpc) is 2.67. The van der Waals surface area contributed by atoms with Crippen molar-refractivity contribution in [2.75, 3.05) is 31.1 Å². The number of hydrogen-bond donors (Lipinski definition) is 1. The number of nitriles is 2. The summed E-state index contributed by atoms with van der Waals surface area (Å²) in [4.78, 5) is 4.34. The van der Waals surface area contributed by atoms with Crippen LogP contribution in [0.3, 0.4) is 0 Å². The molecule has 2 aromatic carbocycles. The molecule has 0 spiro atoms. The van der Waals surface area contributed by atoms with E-state index in [0.29, 0.717) is 5.92 Å². The van der Waals surface area contributed by atoms with Crippen LogP contribution in [0.4, 0.5) is 0 Å². The predicted octanol–water partition coefficient (Wildman–Crippen LogP) is 4.01. The molecular weight excluding hydrogens is 447 g/mol. The molecule has 0 aliphatic carbocycles. The maximum absolute atomic E-state index is 8.95. The Bertz CT molecular complexity index is 702. The molecule has 27 heavy (non-hydrogen) atoms. The number of nitrogens with one attached hydrogen (secondary N) is 1. The van der Waals surface area contributed by atoms with E-state index in [1.54, 1.807) is 0 Å². The van der Waals surface area contributed by atoms with E-state index in [1.165, 1.54) is 11.1 Å². The predicted molar refractivity (Wildman–Crippen MR) is 117 cm³/mol. The van der Waals surface area contributed by atoms with Crippen LogP contribution in [0.25, 0.3) is 0 Å². The molecule has 2 fully saturated rings. The molecular formula is C22H25IN4. The minimum Gasteiger partial charge on any atom is -0.314 e. The lowest BCUT2D eigenvalue weighted by atomic mass is 9.91. The molecule has 2 aliphatic rings. The first-order chi connectivity index (χ1) is 13.3. The number of benzene rings is 2. The Morgan fingerprint density at radius 2 is 1.30 bits per heavy atom. The summed E-state index contributed by atoms with van der Waals surface area (Å²) in [5.41, 5.74) is 2.59. The zero-order valence-electron chi connectivity index (χ0n) is 15.6. The van der Waals surface area contributed by atoms with Gasteiger partial charge in [0, 0.05) is 26.2 Å². The normalized spacial score (nSPS) is 16.3. The van der Waals surface area contributed by atoms with E-state index in [-0.39, 0.29) is 12.0 Å². The van der Waals surface area contributed by atoms with Gasteiger partial charge in [0.15, 0.2) is 0 Å². The fourth-order valence-corrected chi connectivity index (χ4v) is 3.07. The minimum atomic E-state index is 0.190. The van der Waals surface area contributed by atoms with Crippen LogP contribution in [0.5, 0.6) is 0 Å². The van der Waals surface area contributed by atoms with Crippen molar-refractivity contribution < 1.29 is 0 Å². The lowest BCUT2D eigenvalue weighted by molar-refractivity contribution is 0.0992. The van der Waals surface area contributed by atoms with Gasteiger partial charge < -0.3 is 5.32 Å². The highest BCUT2D eigenvalue weighted by Gasteiger charge is 2.33. The van der Waals surface area contributed by atoms with Crippen LogP contribution in [0, 0.1) is 34.5 Å². The molecule has 1 N–H and O–H groups in total. The van der Waals surface area contributed by atoms with Crippen molar-refractivity contribution in [1.82, 2.24) is 10.2 Å². The zero-order valence-corrected chi connectivity index (χ0v) is 17.7. The van der Waals surface area contributed by atoms with Crippen LogP contribution in [-0.4, -0.2) is 36.0 Å². The van der Waals surface area contributed by atoms with Crippen molar-refractivity contribution in [3.8, 4) is 12.1 Å². The Morgan fingerprint density at radius 1 is 0.852 bits per heavy atom. The summed E-state index contributed by atoms with van der Waals surface area (Å²) < 4.78 is 0. The van der Waals surface area contributed by atoms with Crippen molar-refractivity contribution in [3.05, 3.63) is 71.8 Å². The van der Waals surface area contributed by atoms with Crippen molar-refractivity contribution in [2.45, 2.75) is 6.04 Å². The first-order valence-corrected chi connectivity index (χ1v) is 11.2. The minimum absolute atomic E-state index is 0.190. The van der Waals surface area contributed by atoms with Crippen LogP contribution in [0.1, 0.15) is 17.2 Å². The highest BCUT2D eigenvalue weighted by molar-refractivity contribution is 14.1. The molecule has 0 amide bonds. The van der Waals surface area contributed by atoms with Crippen LogP contribution >= 0.6 is 22.6 Å². The van der Waals surface area contributed by atoms with Crippen molar-refractivity contribution >= 4 is 22.6 Å². The third kappa shape index (κ3) is 6.04. The zero-order chi connectivity index (χ0) is 19.5. The number of likely N-dealkylation sites (tertiary alicyclic amines) is 1. The molecule has 0 aromatic heterocycles. The van der Waals surface area contributed by atoms with E-state index in [0.717, 1.165) is 26.2 Å². The largest absolute Gasteiger partial charge is 0.314 e. The number of alkyl halides is 1. The van der Waals surface area contributed by atoms with Gasteiger partial charge in [0.1, 0.15) is 0 Å². The molecule has 140 valence electrons. The van der Waals surface area contributed by atoms with Gasteiger partial charge in [0.2, 0.25) is 0 Å². The van der Waals surface area contributed by atoms with Gasteiger partial charge >= 0.3 is 0 Å². The molecule has 0 radical (unpaired) electrons. The van der Waals surface area contributed by atoms with Crippen LogP contribution in [0.15, 0.2) is 60.7 Å². The summed E-state index contributed by atoms with van der Waals surface area (Å²) >= 11 is 2.15. The molecule has 2 aromatic rings. The maximum Gasteiger partial charge on any atom is 0.0718 e. The van der Waals surface area contributed by atoms with Crippen LogP contribution in [-0.2, 0) is 0 Å². The summed E-state index contributed by atoms with van der Waals surface area (Å²) in [6, 6.07) is 25.8. The van der Waals surface area contributed by atoms with Gasteiger partial charge in [0.05, 0.1) is 30.0 Å². The maximum atomic E-state index is 8.95. The lowest BCUT2D eigenvalue weighted by Crippen LogP contribution is -2.48. The number of hydrogen-bond acceptors (Lipinski definition) is 4. The summed E-state index contributed by atoms with van der Waals surface area (Å²) in [5, 5.41) is 20.0. The summed E-state index contributed by atoms with van der Waals surface area (Å²) in [6.45, 7) is 3.53. The van der Waals surface area contributed by atoms with Gasteiger partial charge in [-0.2, -0.15) is 10.5 Å². The second-order valence-corrected chi connectivity index (χ2v) is 6.49. The Labute approximate surface area is 175 Å². The van der Waals surface area contributed by atoms with Crippen LogP contribution in [0.2, 0.25) is 0 Å². The molecule has 2 heterocycles. The van der Waals surface area contributed by atoms with Gasteiger partial charge in [-0.15, -0.1) is 0 Å². The highest BCUT2D eigenvalue weighted by Crippen LogP contribution is 2.33. The Balaban J connectivity index is 0.000000275. The first kappa shape index (κ1) is 21.4. The number of halogens is 1. The molecule has 0 saturated carbocycles. The van der Waals surface area contributed by atoms with Crippen molar-refractivity contribution in [1.29, 1.82) is 10.5 Å². The fraction of sp³-hybridized carbons (Fsp3) is 0.364. The summed E-state index contributed by atoms with van der Waals surface area (Å²) in [5.74, 6) is 0.500. The Kier molecular flexibility index (Phi) is 9.27. The molecule has 0 atom stereocenters.